The molecular weight excluding hydrogens is 543 g/mol. The minimum atomic E-state index is -2.49. The van der Waals surface area contributed by atoms with Gasteiger partial charge in [0, 0.05) is 0 Å². The van der Waals surface area contributed by atoms with Crippen LogP contribution in [0.2, 0.25) is 0 Å². The lowest BCUT2D eigenvalue weighted by Crippen LogP contribution is -2.42. The largest absolute Gasteiger partial charge is 0.461 e. The second-order valence-electron chi connectivity index (χ2n) is 12.8. The van der Waals surface area contributed by atoms with Gasteiger partial charge in [-0.1, -0.05) is 151 Å². The van der Waals surface area contributed by atoms with Crippen LogP contribution in [0.25, 0.3) is 0 Å². The van der Waals surface area contributed by atoms with Gasteiger partial charge in [-0.3, -0.25) is 0 Å². The predicted octanol–water partition coefficient (Wildman–Crippen LogP) is 9.68. The molecular formula is C32H65O6PS. The quantitative estimate of drug-likeness (QED) is 0.0318. The van der Waals surface area contributed by atoms with Gasteiger partial charge in [0.15, 0.2) is 6.29 Å². The Hall–Kier alpha value is -0.0700. The lowest BCUT2D eigenvalue weighted by atomic mass is 9.91. The molecule has 0 fully saturated rings. The fourth-order valence-corrected chi connectivity index (χ4v) is 5.59. The Bertz CT molecular complexity index is 629. The van der Waals surface area contributed by atoms with Gasteiger partial charge in [-0.2, -0.15) is 0 Å². The number of unbranched alkanes of at least 4 members (excludes halogenated alkanes) is 13. The minimum Gasteiger partial charge on any atom is -0.461 e. The molecule has 0 saturated carbocycles. The number of esters is 1. The van der Waals surface area contributed by atoms with Gasteiger partial charge >= 0.3 is 11.5 Å². The van der Waals surface area contributed by atoms with Crippen LogP contribution < -0.4 is 0 Å². The molecule has 1 N–H and O–H groups in total. The zero-order valence-corrected chi connectivity index (χ0v) is 28.9. The van der Waals surface area contributed by atoms with Gasteiger partial charge in [-0.15, -0.1) is 12.6 Å². The second-order valence-corrected chi connectivity index (χ2v) is 14.4. The molecule has 6 nitrogen and oxygen atoms in total. The highest BCUT2D eigenvalue weighted by molar-refractivity contribution is 7.80. The highest BCUT2D eigenvalue weighted by Gasteiger charge is 2.42. The molecule has 0 aromatic carbocycles. The van der Waals surface area contributed by atoms with Gasteiger partial charge in [-0.25, -0.2) is 4.79 Å². The number of carbonyl (C=O) groups excluding carboxylic acids is 1. The van der Waals surface area contributed by atoms with E-state index in [0.29, 0.717) is 12.3 Å². The van der Waals surface area contributed by atoms with E-state index < -0.39 is 31.7 Å². The molecule has 0 amide bonds. The summed E-state index contributed by atoms with van der Waals surface area (Å²) in [6.07, 6.45) is 22.1. The summed E-state index contributed by atoms with van der Waals surface area (Å²) in [5.41, 5.74) is -3.18. The molecule has 240 valence electrons. The van der Waals surface area contributed by atoms with E-state index in [9.17, 15) is 14.5 Å². The molecule has 0 bridgehead atoms. The average molecular weight is 609 g/mol. The van der Waals surface area contributed by atoms with Crippen molar-refractivity contribution in [2.24, 2.45) is 11.3 Å². The normalized spacial score (nSPS) is 16.2. The number of aliphatic hydroxyl groups is 1. The van der Waals surface area contributed by atoms with Gasteiger partial charge in [0.2, 0.25) is 0 Å². The van der Waals surface area contributed by atoms with E-state index in [-0.39, 0.29) is 12.0 Å². The van der Waals surface area contributed by atoms with Gasteiger partial charge in [0.1, 0.15) is 13.9 Å². The smallest absolute Gasteiger partial charge is 0.374 e. The van der Waals surface area contributed by atoms with Crippen LogP contribution in [0.5, 0.6) is 0 Å². The van der Waals surface area contributed by atoms with Crippen molar-refractivity contribution in [3.05, 3.63) is 0 Å². The highest BCUT2D eigenvalue weighted by atomic mass is 32.1. The highest BCUT2D eigenvalue weighted by Crippen LogP contribution is 2.30. The average Bonchev–Trinajstić information content (AvgIpc) is 2.91. The summed E-state index contributed by atoms with van der Waals surface area (Å²) in [7, 11) is -1.98. The Morgan fingerprint density at radius 2 is 1.25 bits per heavy atom. The van der Waals surface area contributed by atoms with Crippen LogP contribution in [0.4, 0.5) is 0 Å². The number of rotatable bonds is 27. The number of hydrogen-bond acceptors (Lipinski definition) is 7. The predicted molar refractivity (Wildman–Crippen MR) is 173 cm³/mol. The van der Waals surface area contributed by atoms with Gasteiger partial charge in [0.25, 0.3) is 0 Å². The second kappa shape index (κ2) is 24.4. The van der Waals surface area contributed by atoms with Gasteiger partial charge in [0.05, 0.1) is 6.61 Å². The zero-order valence-electron chi connectivity index (χ0n) is 26.9. The zero-order chi connectivity index (χ0) is 30.3. The van der Waals surface area contributed by atoms with E-state index in [2.05, 4.69) is 13.8 Å². The first-order valence-electron chi connectivity index (χ1n) is 16.4. The molecule has 0 radical (unpaired) electrons. The molecule has 0 saturated heterocycles. The Morgan fingerprint density at radius 3 is 1.65 bits per heavy atom. The van der Waals surface area contributed by atoms with Crippen LogP contribution in [-0.2, 0) is 23.6 Å². The molecule has 8 heteroatoms. The minimum absolute atomic E-state index is 0.0861. The summed E-state index contributed by atoms with van der Waals surface area (Å²) >= 11 is 4.71. The maximum atomic E-state index is 12.5. The Balaban J connectivity index is 4.83. The summed E-state index contributed by atoms with van der Waals surface area (Å²) in [5, 5.41) is 10.7. The number of carbonyl (C=O) groups is 1. The Labute approximate surface area is 254 Å². The third kappa shape index (κ3) is 21.6. The first-order chi connectivity index (χ1) is 19.0. The van der Waals surface area contributed by atoms with Crippen molar-refractivity contribution in [1.29, 1.82) is 0 Å². The van der Waals surface area contributed by atoms with Crippen molar-refractivity contribution in [2.45, 2.75) is 181 Å². The molecule has 0 rings (SSSR count). The molecule has 5 atom stereocenters. The molecule has 0 aliphatic heterocycles. The Morgan fingerprint density at radius 1 is 0.800 bits per heavy atom. The molecule has 0 aromatic rings. The van der Waals surface area contributed by atoms with Crippen molar-refractivity contribution in [1.82, 2.24) is 0 Å². The van der Waals surface area contributed by atoms with E-state index in [1.165, 1.54) is 96.3 Å². The molecule has 0 heterocycles. The Kier molecular flexibility index (Phi) is 24.3. The molecule has 0 aliphatic carbocycles. The van der Waals surface area contributed by atoms with E-state index in [1.54, 1.807) is 0 Å². The van der Waals surface area contributed by atoms with Crippen LogP contribution in [0.1, 0.15) is 164 Å². The number of thiol groups is 1. The number of hydrogen-bond donors (Lipinski definition) is 2. The first kappa shape index (κ1) is 39.9. The molecule has 5 unspecified atom stereocenters. The van der Waals surface area contributed by atoms with E-state index in [0.717, 1.165) is 19.3 Å². The lowest BCUT2D eigenvalue weighted by molar-refractivity contribution is -0.259. The van der Waals surface area contributed by atoms with Crippen molar-refractivity contribution in [3.8, 4) is 0 Å². The SMILES string of the molecule is CCCCCCCCCCCC(CCCCCCCC)CC(S)OC(CC)OC(O)([PH2]=O)C(=O)OCC(C)(C)C. The summed E-state index contributed by atoms with van der Waals surface area (Å²) in [6.45, 7) is 12.1. The standard InChI is InChI=1S/C32H65O6PS/c1-7-10-12-14-16-17-18-20-22-24-27(23-21-19-15-13-11-8-2)25-29(40)37-28(9-3)38-32(34,39-35)30(33)36-26-31(4,5)6/h27-29,34,40H,7-26,39H2,1-6H3. The summed E-state index contributed by atoms with van der Waals surface area (Å²) in [4.78, 5) is 12.5. The topological polar surface area (TPSA) is 82.1 Å². The molecule has 0 aliphatic rings. The van der Waals surface area contributed by atoms with Crippen molar-refractivity contribution < 1.29 is 28.7 Å². The lowest BCUT2D eigenvalue weighted by Gasteiger charge is -2.30. The van der Waals surface area contributed by atoms with Crippen LogP contribution >= 0.6 is 21.1 Å². The summed E-state index contributed by atoms with van der Waals surface area (Å²) < 4.78 is 28.6. The van der Waals surface area contributed by atoms with Crippen LogP contribution in [-0.4, -0.2) is 34.9 Å². The molecule has 0 aromatic heterocycles. The maximum absolute atomic E-state index is 12.5. The van der Waals surface area contributed by atoms with Crippen molar-refractivity contribution >= 4 is 27.1 Å². The summed E-state index contributed by atoms with van der Waals surface area (Å²) in [5.74, 6) is -0.520. The fourth-order valence-electron chi connectivity index (χ4n) is 4.77. The fraction of sp³-hybridized carbons (Fsp3) is 0.969. The van der Waals surface area contributed by atoms with Crippen LogP contribution in [0.3, 0.4) is 0 Å². The summed E-state index contributed by atoms with van der Waals surface area (Å²) in [6, 6.07) is 0. The maximum Gasteiger partial charge on any atom is 0.374 e. The monoisotopic (exact) mass is 608 g/mol. The first-order valence-corrected chi connectivity index (χ1v) is 17.9. The van der Waals surface area contributed by atoms with Gasteiger partial charge < -0.3 is 23.9 Å². The van der Waals surface area contributed by atoms with Crippen LogP contribution in [0, 0.1) is 11.3 Å². The molecule has 0 spiro atoms. The van der Waals surface area contributed by atoms with Gasteiger partial charge in [-0.05, 0) is 24.2 Å². The van der Waals surface area contributed by atoms with E-state index in [1.807, 2.05) is 27.7 Å². The van der Waals surface area contributed by atoms with E-state index >= 15 is 0 Å². The third-order valence-corrected chi connectivity index (χ3v) is 8.28. The third-order valence-electron chi connectivity index (χ3n) is 7.26. The van der Waals surface area contributed by atoms with Crippen molar-refractivity contribution in [2.75, 3.05) is 6.61 Å². The molecule has 40 heavy (non-hydrogen) atoms. The van der Waals surface area contributed by atoms with Crippen LogP contribution in [0.15, 0.2) is 0 Å². The van der Waals surface area contributed by atoms with Crippen molar-refractivity contribution in [3.63, 3.8) is 0 Å². The van der Waals surface area contributed by atoms with E-state index in [4.69, 9.17) is 26.8 Å². The number of ether oxygens (including phenoxy) is 3.